The number of ether oxygens (including phenoxy) is 1. The Morgan fingerprint density at radius 1 is 1.39 bits per heavy atom. The van der Waals surface area contributed by atoms with E-state index in [9.17, 15) is 9.59 Å². The molecule has 0 bridgehead atoms. The molecule has 2 heterocycles. The molecule has 0 aliphatic heterocycles. The molecule has 1 unspecified atom stereocenters. The van der Waals surface area contributed by atoms with Gasteiger partial charge in [-0.15, -0.1) is 11.3 Å². The summed E-state index contributed by atoms with van der Waals surface area (Å²) < 4.78 is 7.28. The van der Waals surface area contributed by atoms with Crippen molar-refractivity contribution in [3.8, 4) is 0 Å². The molecule has 0 spiro atoms. The highest BCUT2D eigenvalue weighted by atomic mass is 35.5. The number of halogens is 1. The standard InChI is InChI=1S/C20H26ClN3O3S/c1-4-12(2)27-20(26)18-14-7-5-6-8-16(14)28-19(18)23-17(25)9-10-24-13(3)15(21)11-22-24/h11-12H,4-10H2,1-3H3,(H,23,25). The summed E-state index contributed by atoms with van der Waals surface area (Å²) in [5.41, 5.74) is 2.43. The molecule has 3 rings (SSSR count). The van der Waals surface area contributed by atoms with E-state index in [0.717, 1.165) is 43.4 Å². The predicted octanol–water partition coefficient (Wildman–Crippen LogP) is 4.77. The number of fused-ring (bicyclic) bond motifs is 1. The molecule has 1 aliphatic carbocycles. The smallest absolute Gasteiger partial charge is 0.341 e. The molecule has 1 amide bonds. The molecule has 6 nitrogen and oxygen atoms in total. The van der Waals surface area contributed by atoms with E-state index in [1.807, 2.05) is 20.8 Å². The molecule has 0 fully saturated rings. The zero-order chi connectivity index (χ0) is 20.3. The molecule has 28 heavy (non-hydrogen) atoms. The molecule has 1 atom stereocenters. The summed E-state index contributed by atoms with van der Waals surface area (Å²) in [6.07, 6.45) is 6.41. The fourth-order valence-corrected chi connectivity index (χ4v) is 4.68. The van der Waals surface area contributed by atoms with Crippen LogP contribution in [0.1, 0.15) is 66.0 Å². The number of hydrogen-bond donors (Lipinski definition) is 1. The van der Waals surface area contributed by atoms with Crippen molar-refractivity contribution in [3.05, 3.63) is 32.9 Å². The minimum absolute atomic E-state index is 0.150. The number of carbonyl (C=O) groups excluding carboxylic acids is 2. The Morgan fingerprint density at radius 3 is 2.82 bits per heavy atom. The first-order valence-electron chi connectivity index (χ1n) is 9.74. The fourth-order valence-electron chi connectivity index (χ4n) is 3.24. The van der Waals surface area contributed by atoms with Crippen LogP contribution in [0.15, 0.2) is 6.20 Å². The maximum Gasteiger partial charge on any atom is 0.341 e. The van der Waals surface area contributed by atoms with Crippen molar-refractivity contribution in [3.63, 3.8) is 0 Å². The van der Waals surface area contributed by atoms with E-state index in [0.29, 0.717) is 22.1 Å². The maximum atomic E-state index is 12.8. The maximum absolute atomic E-state index is 12.8. The van der Waals surface area contributed by atoms with Gasteiger partial charge in [0.25, 0.3) is 0 Å². The zero-order valence-electron chi connectivity index (χ0n) is 16.5. The lowest BCUT2D eigenvalue weighted by Crippen LogP contribution is -2.19. The van der Waals surface area contributed by atoms with Gasteiger partial charge < -0.3 is 10.1 Å². The number of carbonyl (C=O) groups is 2. The number of rotatable bonds is 7. The third kappa shape index (κ3) is 4.58. The van der Waals surface area contributed by atoms with Gasteiger partial charge in [-0.3, -0.25) is 9.48 Å². The highest BCUT2D eigenvalue weighted by molar-refractivity contribution is 7.17. The van der Waals surface area contributed by atoms with Crippen LogP contribution in [0.2, 0.25) is 5.02 Å². The monoisotopic (exact) mass is 423 g/mol. The molecule has 8 heteroatoms. The van der Waals surface area contributed by atoms with Gasteiger partial charge in [-0.1, -0.05) is 18.5 Å². The van der Waals surface area contributed by atoms with Crippen LogP contribution in [0.25, 0.3) is 0 Å². The van der Waals surface area contributed by atoms with Crippen molar-refractivity contribution in [1.29, 1.82) is 0 Å². The summed E-state index contributed by atoms with van der Waals surface area (Å²) in [5, 5.41) is 8.31. The molecular weight excluding hydrogens is 398 g/mol. The van der Waals surface area contributed by atoms with Gasteiger partial charge in [-0.25, -0.2) is 4.79 Å². The van der Waals surface area contributed by atoms with Gasteiger partial charge >= 0.3 is 5.97 Å². The first-order valence-corrected chi connectivity index (χ1v) is 10.9. The van der Waals surface area contributed by atoms with Gasteiger partial charge in [0.2, 0.25) is 5.91 Å². The van der Waals surface area contributed by atoms with E-state index in [4.69, 9.17) is 16.3 Å². The topological polar surface area (TPSA) is 73.2 Å². The summed E-state index contributed by atoms with van der Waals surface area (Å²) in [6, 6.07) is 0. The van der Waals surface area contributed by atoms with Gasteiger partial charge in [0.15, 0.2) is 0 Å². The number of anilines is 1. The summed E-state index contributed by atoms with van der Waals surface area (Å²) in [5.74, 6) is -0.485. The molecule has 1 aliphatic rings. The van der Waals surface area contributed by atoms with Crippen LogP contribution in [0.3, 0.4) is 0 Å². The van der Waals surface area contributed by atoms with Crippen molar-refractivity contribution >= 4 is 39.8 Å². The van der Waals surface area contributed by atoms with E-state index in [2.05, 4.69) is 10.4 Å². The zero-order valence-corrected chi connectivity index (χ0v) is 18.1. The number of amides is 1. The average Bonchev–Trinajstić information content (AvgIpc) is 3.19. The number of nitrogens with zero attached hydrogens (tertiary/aromatic N) is 2. The first-order chi connectivity index (χ1) is 13.4. The Hall–Kier alpha value is -1.86. The second-order valence-corrected chi connectivity index (χ2v) is 8.65. The quantitative estimate of drug-likeness (QED) is 0.651. The van der Waals surface area contributed by atoms with Crippen molar-refractivity contribution in [2.75, 3.05) is 5.32 Å². The summed E-state index contributed by atoms with van der Waals surface area (Å²) in [4.78, 5) is 26.5. The average molecular weight is 424 g/mol. The Morgan fingerprint density at radius 2 is 2.14 bits per heavy atom. The van der Waals surface area contributed by atoms with Crippen molar-refractivity contribution in [2.45, 2.75) is 71.9 Å². The van der Waals surface area contributed by atoms with Crippen LogP contribution in [0, 0.1) is 6.92 Å². The normalized spacial score (nSPS) is 14.4. The van der Waals surface area contributed by atoms with E-state index in [-0.39, 0.29) is 24.4 Å². The Balaban J connectivity index is 1.75. The predicted molar refractivity (Wildman–Crippen MR) is 111 cm³/mol. The second-order valence-electron chi connectivity index (χ2n) is 7.14. The third-order valence-corrected chi connectivity index (χ3v) is 6.68. The van der Waals surface area contributed by atoms with Gasteiger partial charge in [0, 0.05) is 11.3 Å². The van der Waals surface area contributed by atoms with Crippen LogP contribution < -0.4 is 5.32 Å². The molecule has 0 radical (unpaired) electrons. The highest BCUT2D eigenvalue weighted by Crippen LogP contribution is 2.38. The van der Waals surface area contributed by atoms with Crippen molar-refractivity contribution in [2.24, 2.45) is 0 Å². The molecule has 0 saturated heterocycles. The van der Waals surface area contributed by atoms with Gasteiger partial charge in [-0.2, -0.15) is 5.10 Å². The minimum Gasteiger partial charge on any atom is -0.459 e. The lowest BCUT2D eigenvalue weighted by atomic mass is 9.95. The second kappa shape index (κ2) is 9.09. The fraction of sp³-hybridized carbons (Fsp3) is 0.550. The summed E-state index contributed by atoms with van der Waals surface area (Å²) in [6.45, 7) is 6.16. The van der Waals surface area contributed by atoms with Gasteiger partial charge in [0.05, 0.1) is 35.1 Å². The number of aromatic nitrogens is 2. The molecule has 0 saturated carbocycles. The molecule has 2 aromatic rings. The largest absolute Gasteiger partial charge is 0.459 e. The Bertz CT molecular complexity index is 874. The number of nitrogens with one attached hydrogen (secondary N) is 1. The molecule has 0 aromatic carbocycles. The lowest BCUT2D eigenvalue weighted by molar-refractivity contribution is -0.116. The Labute approximate surface area is 174 Å². The third-order valence-electron chi connectivity index (χ3n) is 5.11. The summed E-state index contributed by atoms with van der Waals surface area (Å²) in [7, 11) is 0. The SMILES string of the molecule is CCC(C)OC(=O)c1c(NC(=O)CCn2ncc(Cl)c2C)sc2c1CCCC2. The number of hydrogen-bond acceptors (Lipinski definition) is 5. The highest BCUT2D eigenvalue weighted by Gasteiger charge is 2.28. The van der Waals surface area contributed by atoms with Gasteiger partial charge in [-0.05, 0) is 51.5 Å². The molecule has 152 valence electrons. The number of esters is 1. The van der Waals surface area contributed by atoms with Crippen LogP contribution in [-0.4, -0.2) is 27.8 Å². The van der Waals surface area contributed by atoms with E-state index in [1.54, 1.807) is 10.9 Å². The van der Waals surface area contributed by atoms with Gasteiger partial charge in [0.1, 0.15) is 5.00 Å². The summed E-state index contributed by atoms with van der Waals surface area (Å²) >= 11 is 7.51. The molecule has 1 N–H and O–H groups in total. The van der Waals surface area contributed by atoms with E-state index < -0.39 is 0 Å². The Kier molecular flexibility index (Phi) is 6.78. The van der Waals surface area contributed by atoms with Crippen LogP contribution in [-0.2, 0) is 28.9 Å². The van der Waals surface area contributed by atoms with Crippen molar-refractivity contribution < 1.29 is 14.3 Å². The van der Waals surface area contributed by atoms with E-state index in [1.165, 1.54) is 16.2 Å². The first kappa shape index (κ1) is 20.9. The minimum atomic E-state index is -0.334. The number of aryl methyl sites for hydroxylation is 2. The lowest BCUT2D eigenvalue weighted by Gasteiger charge is -2.15. The number of thiophene rings is 1. The molecular formula is C20H26ClN3O3S. The van der Waals surface area contributed by atoms with Crippen LogP contribution in [0.4, 0.5) is 5.00 Å². The van der Waals surface area contributed by atoms with Crippen LogP contribution >= 0.6 is 22.9 Å². The van der Waals surface area contributed by atoms with E-state index >= 15 is 0 Å². The van der Waals surface area contributed by atoms with Crippen molar-refractivity contribution in [1.82, 2.24) is 9.78 Å². The van der Waals surface area contributed by atoms with Crippen LogP contribution in [0.5, 0.6) is 0 Å². The molecule has 2 aromatic heterocycles.